The molecular formula is C18H14N2O4. The number of benzene rings is 2. The highest BCUT2D eigenvalue weighted by atomic mass is 16.5. The molecule has 0 saturated heterocycles. The highest BCUT2D eigenvalue weighted by Crippen LogP contribution is 2.27. The summed E-state index contributed by atoms with van der Waals surface area (Å²) >= 11 is 0. The van der Waals surface area contributed by atoms with Gasteiger partial charge in [0.05, 0.1) is 12.7 Å². The molecule has 1 amide bonds. The molecule has 0 atom stereocenters. The lowest BCUT2D eigenvalue weighted by atomic mass is 10.1. The van der Waals surface area contributed by atoms with Crippen LogP contribution in [0.1, 0.15) is 20.7 Å². The Morgan fingerprint density at radius 3 is 2.71 bits per heavy atom. The minimum Gasteiger partial charge on any atom is -0.494 e. The number of carboxylic acid groups (broad SMARTS) is 1. The standard InChI is InChI=1S/C18H14N2O4/c1-24-15-8-7-14(13-6-3-9-19-16(13)15)17(21)20-12-5-2-4-11(10-12)18(22)23/h2-10H,1H3,(H,20,21)(H,22,23). The second kappa shape index (κ2) is 6.37. The molecule has 0 aliphatic heterocycles. The number of carboxylic acids is 1. The molecule has 0 unspecified atom stereocenters. The van der Waals surface area contributed by atoms with Gasteiger partial charge in [-0.2, -0.15) is 0 Å². The van der Waals surface area contributed by atoms with Gasteiger partial charge >= 0.3 is 5.97 Å². The number of ether oxygens (including phenoxy) is 1. The Kier molecular flexibility index (Phi) is 4.11. The number of pyridine rings is 1. The Labute approximate surface area is 137 Å². The fourth-order valence-corrected chi connectivity index (χ4v) is 2.44. The SMILES string of the molecule is COc1ccc(C(=O)Nc2cccc(C(=O)O)c2)c2cccnc12. The van der Waals surface area contributed by atoms with Crippen LogP contribution in [0.25, 0.3) is 10.9 Å². The van der Waals surface area contributed by atoms with E-state index in [9.17, 15) is 9.59 Å². The van der Waals surface area contributed by atoms with Crippen LogP contribution in [0.2, 0.25) is 0 Å². The maximum Gasteiger partial charge on any atom is 0.335 e. The van der Waals surface area contributed by atoms with Crippen molar-refractivity contribution in [2.24, 2.45) is 0 Å². The summed E-state index contributed by atoms with van der Waals surface area (Å²) in [6.07, 6.45) is 1.63. The van der Waals surface area contributed by atoms with Gasteiger partial charge in [0.1, 0.15) is 11.3 Å². The fraction of sp³-hybridized carbons (Fsp3) is 0.0556. The Morgan fingerprint density at radius 1 is 1.12 bits per heavy atom. The topological polar surface area (TPSA) is 88.5 Å². The third-order valence-electron chi connectivity index (χ3n) is 3.56. The maximum absolute atomic E-state index is 12.6. The van der Waals surface area contributed by atoms with Crippen LogP contribution in [-0.4, -0.2) is 29.1 Å². The number of nitrogens with zero attached hydrogens (tertiary/aromatic N) is 1. The first-order chi connectivity index (χ1) is 11.6. The molecule has 2 aromatic carbocycles. The zero-order valence-electron chi connectivity index (χ0n) is 12.8. The molecule has 0 aliphatic carbocycles. The summed E-state index contributed by atoms with van der Waals surface area (Å²) in [5.41, 5.74) is 1.54. The number of nitrogens with one attached hydrogen (secondary N) is 1. The predicted octanol–water partition coefficient (Wildman–Crippen LogP) is 3.19. The molecule has 0 aliphatic rings. The number of fused-ring (bicyclic) bond motifs is 1. The first kappa shape index (κ1) is 15.5. The zero-order valence-corrected chi connectivity index (χ0v) is 12.8. The largest absolute Gasteiger partial charge is 0.494 e. The van der Waals surface area contributed by atoms with Crippen molar-refractivity contribution in [2.75, 3.05) is 12.4 Å². The van der Waals surface area contributed by atoms with Gasteiger partial charge < -0.3 is 15.2 Å². The van der Waals surface area contributed by atoms with Crippen molar-refractivity contribution in [3.05, 3.63) is 65.9 Å². The second-order valence-electron chi connectivity index (χ2n) is 5.06. The highest BCUT2D eigenvalue weighted by molar-refractivity contribution is 6.13. The molecule has 1 heterocycles. The average molecular weight is 322 g/mol. The number of amides is 1. The molecular weight excluding hydrogens is 308 g/mol. The van der Waals surface area contributed by atoms with Crippen LogP contribution in [0.4, 0.5) is 5.69 Å². The molecule has 3 aromatic rings. The smallest absolute Gasteiger partial charge is 0.335 e. The van der Waals surface area contributed by atoms with Crippen LogP contribution >= 0.6 is 0 Å². The number of hydrogen-bond acceptors (Lipinski definition) is 4. The molecule has 6 nitrogen and oxygen atoms in total. The Bertz CT molecular complexity index is 937. The quantitative estimate of drug-likeness (QED) is 0.770. The number of carbonyl (C=O) groups is 2. The van der Waals surface area contributed by atoms with Gasteiger partial charge in [-0.15, -0.1) is 0 Å². The summed E-state index contributed by atoms with van der Waals surface area (Å²) in [7, 11) is 1.54. The molecule has 1 aromatic heterocycles. The molecule has 2 N–H and O–H groups in total. The maximum atomic E-state index is 12.6. The summed E-state index contributed by atoms with van der Waals surface area (Å²) in [6, 6.07) is 12.9. The van der Waals surface area contributed by atoms with Crippen LogP contribution in [0, 0.1) is 0 Å². The summed E-state index contributed by atoms with van der Waals surface area (Å²) in [4.78, 5) is 27.9. The van der Waals surface area contributed by atoms with Gasteiger partial charge in [-0.25, -0.2) is 4.79 Å². The number of anilines is 1. The van der Waals surface area contributed by atoms with E-state index in [1.807, 2.05) is 0 Å². The molecule has 0 saturated carbocycles. The van der Waals surface area contributed by atoms with E-state index in [1.54, 1.807) is 49.7 Å². The number of aromatic carboxylic acids is 1. The fourth-order valence-electron chi connectivity index (χ4n) is 2.44. The van der Waals surface area contributed by atoms with Crippen molar-refractivity contribution < 1.29 is 19.4 Å². The molecule has 0 bridgehead atoms. The van der Waals surface area contributed by atoms with Crippen molar-refractivity contribution >= 4 is 28.5 Å². The van der Waals surface area contributed by atoms with Gasteiger partial charge in [0, 0.05) is 22.8 Å². The monoisotopic (exact) mass is 322 g/mol. The Morgan fingerprint density at radius 2 is 1.96 bits per heavy atom. The van der Waals surface area contributed by atoms with E-state index in [1.165, 1.54) is 12.1 Å². The van der Waals surface area contributed by atoms with E-state index in [0.717, 1.165) is 0 Å². The minimum absolute atomic E-state index is 0.106. The second-order valence-corrected chi connectivity index (χ2v) is 5.06. The third-order valence-corrected chi connectivity index (χ3v) is 3.56. The van der Waals surface area contributed by atoms with Crippen LogP contribution in [-0.2, 0) is 0 Å². The normalized spacial score (nSPS) is 10.4. The lowest BCUT2D eigenvalue weighted by Gasteiger charge is -2.10. The van der Waals surface area contributed by atoms with Crippen molar-refractivity contribution in [1.29, 1.82) is 0 Å². The van der Waals surface area contributed by atoms with E-state index < -0.39 is 5.97 Å². The molecule has 6 heteroatoms. The molecule has 0 fully saturated rings. The van der Waals surface area contributed by atoms with Crippen LogP contribution in [0.3, 0.4) is 0 Å². The van der Waals surface area contributed by atoms with Crippen molar-refractivity contribution in [1.82, 2.24) is 4.98 Å². The van der Waals surface area contributed by atoms with Gasteiger partial charge in [-0.1, -0.05) is 12.1 Å². The molecule has 0 radical (unpaired) electrons. The summed E-state index contributed by atoms with van der Waals surface area (Å²) in [5, 5.41) is 12.4. The number of rotatable bonds is 4. The van der Waals surface area contributed by atoms with Crippen molar-refractivity contribution in [3.8, 4) is 5.75 Å². The Balaban J connectivity index is 1.98. The Hall–Kier alpha value is -3.41. The number of aromatic nitrogens is 1. The number of methoxy groups -OCH3 is 1. The predicted molar refractivity (Wildman–Crippen MR) is 89.6 cm³/mol. The highest BCUT2D eigenvalue weighted by Gasteiger charge is 2.14. The average Bonchev–Trinajstić information content (AvgIpc) is 2.60. The first-order valence-corrected chi connectivity index (χ1v) is 7.16. The van der Waals surface area contributed by atoms with Crippen LogP contribution < -0.4 is 10.1 Å². The van der Waals surface area contributed by atoms with E-state index in [-0.39, 0.29) is 11.5 Å². The van der Waals surface area contributed by atoms with Gasteiger partial charge in [-0.3, -0.25) is 9.78 Å². The minimum atomic E-state index is -1.05. The van der Waals surface area contributed by atoms with E-state index >= 15 is 0 Å². The van der Waals surface area contributed by atoms with Gasteiger partial charge in [0.2, 0.25) is 0 Å². The molecule has 3 rings (SSSR count). The van der Waals surface area contributed by atoms with Crippen molar-refractivity contribution in [2.45, 2.75) is 0 Å². The lowest BCUT2D eigenvalue weighted by molar-refractivity contribution is 0.0696. The van der Waals surface area contributed by atoms with Gasteiger partial charge in [0.15, 0.2) is 0 Å². The van der Waals surface area contributed by atoms with E-state index in [2.05, 4.69) is 10.3 Å². The number of hydrogen-bond donors (Lipinski definition) is 2. The van der Waals surface area contributed by atoms with Crippen LogP contribution in [0.15, 0.2) is 54.7 Å². The van der Waals surface area contributed by atoms with E-state index in [4.69, 9.17) is 9.84 Å². The van der Waals surface area contributed by atoms with Gasteiger partial charge in [-0.05, 0) is 36.4 Å². The van der Waals surface area contributed by atoms with E-state index in [0.29, 0.717) is 27.9 Å². The molecule has 24 heavy (non-hydrogen) atoms. The van der Waals surface area contributed by atoms with Crippen LogP contribution in [0.5, 0.6) is 5.75 Å². The first-order valence-electron chi connectivity index (χ1n) is 7.16. The molecule has 0 spiro atoms. The molecule has 120 valence electrons. The van der Waals surface area contributed by atoms with Crippen molar-refractivity contribution in [3.63, 3.8) is 0 Å². The number of carbonyl (C=O) groups excluding carboxylic acids is 1. The zero-order chi connectivity index (χ0) is 17.1. The summed E-state index contributed by atoms with van der Waals surface area (Å²) in [6.45, 7) is 0. The summed E-state index contributed by atoms with van der Waals surface area (Å²) in [5.74, 6) is -0.821. The third kappa shape index (κ3) is 2.89. The van der Waals surface area contributed by atoms with Gasteiger partial charge in [0.25, 0.3) is 5.91 Å². The lowest BCUT2D eigenvalue weighted by Crippen LogP contribution is -2.13. The summed E-state index contributed by atoms with van der Waals surface area (Å²) < 4.78 is 5.26.